The van der Waals surface area contributed by atoms with Crippen molar-refractivity contribution in [1.29, 1.82) is 0 Å². The van der Waals surface area contributed by atoms with Crippen LogP contribution >= 0.6 is 0 Å². The van der Waals surface area contributed by atoms with Crippen molar-refractivity contribution in [2.45, 2.75) is 19.8 Å². The minimum Gasteiger partial charge on any atom is -0.397 e. The van der Waals surface area contributed by atoms with E-state index in [2.05, 4.69) is 29.4 Å². The SMILES string of the molecule is CCCc1ccc(Nc2cccc(-n3ccnc3)c2)c(N)c1. The Bertz CT molecular complexity index is 748. The van der Waals surface area contributed by atoms with Crippen molar-refractivity contribution in [2.24, 2.45) is 0 Å². The van der Waals surface area contributed by atoms with Crippen molar-refractivity contribution in [3.63, 3.8) is 0 Å². The maximum absolute atomic E-state index is 6.15. The summed E-state index contributed by atoms with van der Waals surface area (Å²) in [6.45, 7) is 2.17. The Labute approximate surface area is 130 Å². The van der Waals surface area contributed by atoms with Gasteiger partial charge in [-0.3, -0.25) is 0 Å². The maximum Gasteiger partial charge on any atom is 0.0991 e. The van der Waals surface area contributed by atoms with Crippen LogP contribution in [0.2, 0.25) is 0 Å². The van der Waals surface area contributed by atoms with Crippen molar-refractivity contribution in [3.05, 3.63) is 66.7 Å². The Morgan fingerprint density at radius 2 is 2.09 bits per heavy atom. The van der Waals surface area contributed by atoms with Gasteiger partial charge in [0.15, 0.2) is 0 Å². The summed E-state index contributed by atoms with van der Waals surface area (Å²) in [6.07, 6.45) is 7.66. The Morgan fingerprint density at radius 1 is 1.18 bits per heavy atom. The van der Waals surface area contributed by atoms with E-state index in [4.69, 9.17) is 5.73 Å². The van der Waals surface area contributed by atoms with E-state index in [-0.39, 0.29) is 0 Å². The van der Waals surface area contributed by atoms with Crippen LogP contribution in [0, 0.1) is 0 Å². The molecule has 0 fully saturated rings. The van der Waals surface area contributed by atoms with Gasteiger partial charge < -0.3 is 15.6 Å². The molecule has 0 unspecified atom stereocenters. The summed E-state index contributed by atoms with van der Waals surface area (Å²) >= 11 is 0. The average molecular weight is 292 g/mol. The number of anilines is 3. The van der Waals surface area contributed by atoms with Crippen LogP contribution < -0.4 is 11.1 Å². The van der Waals surface area contributed by atoms with Crippen LogP contribution in [0.4, 0.5) is 17.1 Å². The quantitative estimate of drug-likeness (QED) is 0.694. The molecule has 0 saturated carbocycles. The molecule has 3 aromatic rings. The highest BCUT2D eigenvalue weighted by Crippen LogP contribution is 2.25. The predicted molar refractivity (Wildman–Crippen MR) is 91.7 cm³/mol. The number of aromatic nitrogens is 2. The van der Waals surface area contributed by atoms with E-state index in [0.29, 0.717) is 0 Å². The molecule has 112 valence electrons. The number of hydrogen-bond acceptors (Lipinski definition) is 3. The Morgan fingerprint density at radius 3 is 2.82 bits per heavy atom. The molecule has 22 heavy (non-hydrogen) atoms. The van der Waals surface area contributed by atoms with Gasteiger partial charge in [-0.25, -0.2) is 4.98 Å². The van der Waals surface area contributed by atoms with Gasteiger partial charge in [-0.05, 0) is 42.3 Å². The normalized spacial score (nSPS) is 10.6. The van der Waals surface area contributed by atoms with Crippen LogP contribution in [0.1, 0.15) is 18.9 Å². The van der Waals surface area contributed by atoms with Gasteiger partial charge in [-0.15, -0.1) is 0 Å². The number of benzene rings is 2. The zero-order valence-electron chi connectivity index (χ0n) is 12.7. The minimum atomic E-state index is 0.777. The first-order valence-electron chi connectivity index (χ1n) is 7.50. The summed E-state index contributed by atoms with van der Waals surface area (Å²) in [5.41, 5.74) is 11.2. The van der Waals surface area contributed by atoms with E-state index in [1.807, 2.05) is 41.1 Å². The summed E-state index contributed by atoms with van der Waals surface area (Å²) < 4.78 is 1.97. The number of nitrogens with two attached hydrogens (primary N) is 1. The molecule has 1 heterocycles. The van der Waals surface area contributed by atoms with Crippen LogP contribution in [-0.4, -0.2) is 9.55 Å². The maximum atomic E-state index is 6.15. The fraction of sp³-hybridized carbons (Fsp3) is 0.167. The second-order valence-electron chi connectivity index (χ2n) is 5.32. The van der Waals surface area contributed by atoms with Gasteiger partial charge in [-0.1, -0.05) is 25.5 Å². The lowest BCUT2D eigenvalue weighted by Crippen LogP contribution is -1.99. The molecule has 2 aromatic carbocycles. The number of aryl methyl sites for hydroxylation is 1. The zero-order chi connectivity index (χ0) is 15.4. The van der Waals surface area contributed by atoms with Gasteiger partial charge in [-0.2, -0.15) is 0 Å². The molecule has 4 heteroatoms. The number of hydrogen-bond donors (Lipinski definition) is 2. The third-order valence-electron chi connectivity index (χ3n) is 3.58. The number of nitrogens with one attached hydrogen (secondary N) is 1. The van der Waals surface area contributed by atoms with Crippen molar-refractivity contribution < 1.29 is 0 Å². The van der Waals surface area contributed by atoms with Gasteiger partial charge in [0.25, 0.3) is 0 Å². The lowest BCUT2D eigenvalue weighted by atomic mass is 10.1. The molecule has 4 nitrogen and oxygen atoms in total. The molecule has 0 aliphatic rings. The van der Waals surface area contributed by atoms with Gasteiger partial charge in [0.1, 0.15) is 0 Å². The highest BCUT2D eigenvalue weighted by Gasteiger charge is 2.03. The topological polar surface area (TPSA) is 55.9 Å². The molecule has 3 N–H and O–H groups in total. The second kappa shape index (κ2) is 6.35. The molecular formula is C18H20N4. The number of nitrogens with zero attached hydrogens (tertiary/aromatic N) is 2. The van der Waals surface area contributed by atoms with Crippen LogP contribution in [0.15, 0.2) is 61.2 Å². The molecule has 0 radical (unpaired) electrons. The molecule has 0 aliphatic carbocycles. The fourth-order valence-corrected chi connectivity index (χ4v) is 2.48. The van der Waals surface area contributed by atoms with Crippen molar-refractivity contribution in [1.82, 2.24) is 9.55 Å². The summed E-state index contributed by atoms with van der Waals surface area (Å²) in [6, 6.07) is 14.4. The molecule has 1 aromatic heterocycles. The second-order valence-corrected chi connectivity index (χ2v) is 5.32. The standard InChI is InChI=1S/C18H20N4/c1-2-4-14-7-8-18(17(19)11-14)21-15-5-3-6-16(12-15)22-10-9-20-13-22/h3,5-13,21H,2,4,19H2,1H3. The smallest absolute Gasteiger partial charge is 0.0991 e. The van der Waals surface area contributed by atoms with E-state index in [0.717, 1.165) is 35.6 Å². The molecular weight excluding hydrogens is 272 g/mol. The monoisotopic (exact) mass is 292 g/mol. The van der Waals surface area contributed by atoms with E-state index in [1.54, 1.807) is 12.5 Å². The van der Waals surface area contributed by atoms with Crippen molar-refractivity contribution >= 4 is 17.1 Å². The van der Waals surface area contributed by atoms with E-state index < -0.39 is 0 Å². The lowest BCUT2D eigenvalue weighted by molar-refractivity contribution is 0.922. The third kappa shape index (κ3) is 3.11. The molecule has 0 spiro atoms. The minimum absolute atomic E-state index is 0.777. The Hall–Kier alpha value is -2.75. The Kier molecular flexibility index (Phi) is 4.10. The van der Waals surface area contributed by atoms with Crippen LogP contribution in [0.5, 0.6) is 0 Å². The lowest BCUT2D eigenvalue weighted by Gasteiger charge is -2.12. The number of nitrogen functional groups attached to an aromatic ring is 1. The largest absolute Gasteiger partial charge is 0.397 e. The fourth-order valence-electron chi connectivity index (χ4n) is 2.48. The number of imidazole rings is 1. The molecule has 3 rings (SSSR count). The first-order chi connectivity index (χ1) is 10.8. The number of rotatable bonds is 5. The summed E-state index contributed by atoms with van der Waals surface area (Å²) in [7, 11) is 0. The summed E-state index contributed by atoms with van der Waals surface area (Å²) in [4.78, 5) is 4.08. The highest BCUT2D eigenvalue weighted by atomic mass is 15.0. The Balaban J connectivity index is 1.83. The van der Waals surface area contributed by atoms with Crippen molar-refractivity contribution in [3.8, 4) is 5.69 Å². The van der Waals surface area contributed by atoms with Gasteiger partial charge in [0.2, 0.25) is 0 Å². The molecule has 0 amide bonds. The average Bonchev–Trinajstić information content (AvgIpc) is 3.05. The molecule has 0 saturated heterocycles. The van der Waals surface area contributed by atoms with Gasteiger partial charge in [0, 0.05) is 23.8 Å². The summed E-state index contributed by atoms with van der Waals surface area (Å²) in [5, 5.41) is 3.39. The highest BCUT2D eigenvalue weighted by molar-refractivity contribution is 5.73. The van der Waals surface area contributed by atoms with Crippen LogP contribution in [0.3, 0.4) is 0 Å². The first kappa shape index (κ1) is 14.2. The van der Waals surface area contributed by atoms with Gasteiger partial charge >= 0.3 is 0 Å². The molecule has 0 atom stereocenters. The van der Waals surface area contributed by atoms with Crippen LogP contribution in [-0.2, 0) is 6.42 Å². The van der Waals surface area contributed by atoms with E-state index >= 15 is 0 Å². The third-order valence-corrected chi connectivity index (χ3v) is 3.58. The van der Waals surface area contributed by atoms with E-state index in [9.17, 15) is 0 Å². The first-order valence-corrected chi connectivity index (χ1v) is 7.50. The summed E-state index contributed by atoms with van der Waals surface area (Å²) in [5.74, 6) is 0. The van der Waals surface area contributed by atoms with Crippen molar-refractivity contribution in [2.75, 3.05) is 11.1 Å². The predicted octanol–water partition coefficient (Wildman–Crippen LogP) is 4.15. The zero-order valence-corrected chi connectivity index (χ0v) is 12.7. The van der Waals surface area contributed by atoms with Crippen LogP contribution in [0.25, 0.3) is 5.69 Å². The molecule has 0 bridgehead atoms. The molecule has 0 aliphatic heterocycles. The van der Waals surface area contributed by atoms with E-state index in [1.165, 1.54) is 5.56 Å². The van der Waals surface area contributed by atoms with Gasteiger partial charge in [0.05, 0.1) is 17.7 Å².